The molecule has 0 unspecified atom stereocenters. The number of nitrogens with zero attached hydrogens (tertiary/aromatic N) is 4. The summed E-state index contributed by atoms with van der Waals surface area (Å²) < 4.78 is 55.8. The number of hydrogen-bond donors (Lipinski definition) is 0. The number of benzene rings is 1. The van der Waals surface area contributed by atoms with Crippen molar-refractivity contribution in [3.05, 3.63) is 46.6 Å². The summed E-state index contributed by atoms with van der Waals surface area (Å²) in [6.07, 6.45) is -1.61. The first-order chi connectivity index (χ1) is 17.8. The molecular weight excluding hydrogens is 501 g/mol. The minimum atomic E-state index is -4.64. The van der Waals surface area contributed by atoms with E-state index < -0.39 is 17.6 Å². The van der Waals surface area contributed by atoms with Gasteiger partial charge in [0.05, 0.1) is 30.3 Å². The summed E-state index contributed by atoms with van der Waals surface area (Å²) in [7, 11) is 1.87. The molecule has 0 N–H and O–H groups in total. The highest BCUT2D eigenvalue weighted by Gasteiger charge is 2.32. The molecule has 1 aromatic carbocycles. The molecule has 1 atom stereocenters. The topological polar surface area (TPSA) is 78.1 Å². The van der Waals surface area contributed by atoms with Crippen molar-refractivity contribution >= 4 is 11.8 Å². The molecule has 2 amide bonds. The maximum Gasteiger partial charge on any atom is 0.416 e. The highest BCUT2D eigenvalue weighted by atomic mass is 19.4. The van der Waals surface area contributed by atoms with Crippen molar-refractivity contribution in [1.29, 1.82) is 0 Å². The van der Waals surface area contributed by atoms with Crippen molar-refractivity contribution in [2.24, 2.45) is 12.0 Å². The number of ether oxygens (including phenoxy) is 2. The Kier molecular flexibility index (Phi) is 8.06. The Bertz CT molecular complexity index is 1250. The molecule has 0 radical (unpaired) electrons. The monoisotopic (exact) mass is 536 g/mol. The van der Waals surface area contributed by atoms with Crippen LogP contribution in [-0.2, 0) is 34.7 Å². The Morgan fingerprint density at radius 1 is 1.18 bits per heavy atom. The van der Waals surface area contributed by atoms with Crippen molar-refractivity contribution in [2.75, 3.05) is 26.3 Å². The van der Waals surface area contributed by atoms with E-state index in [0.29, 0.717) is 38.1 Å². The first kappa shape index (κ1) is 27.9. The second-order valence-corrected chi connectivity index (χ2v) is 10.8. The predicted octanol–water partition coefficient (Wildman–Crippen LogP) is 4.06. The van der Waals surface area contributed by atoms with Crippen molar-refractivity contribution in [3.8, 4) is 5.75 Å². The first-order valence-electron chi connectivity index (χ1n) is 12.9. The standard InChI is InChI=1S/C27H35F3N4O4/c1-26(2,3)22-16-23(34(32(22)4)17-19-7-6-13-37-19)31-25(36)20-15-18(27(28,29)30)9-10-21(20)38-14-12-33-11-5-8-24(33)35/h9-10,15-16,19H,5-8,11-14,17H2,1-4H3/b31-23+/t19-/m1/s1. The van der Waals surface area contributed by atoms with Crippen LogP contribution in [0.3, 0.4) is 0 Å². The molecule has 2 aliphatic rings. The van der Waals surface area contributed by atoms with Crippen LogP contribution in [0, 0.1) is 0 Å². The summed E-state index contributed by atoms with van der Waals surface area (Å²) in [6.45, 7) is 8.20. The molecule has 0 saturated carbocycles. The summed E-state index contributed by atoms with van der Waals surface area (Å²) in [5.74, 6) is -0.826. The molecule has 8 nitrogen and oxygen atoms in total. The molecule has 11 heteroatoms. The fourth-order valence-corrected chi connectivity index (χ4v) is 4.93. The van der Waals surface area contributed by atoms with Crippen LogP contribution in [0.4, 0.5) is 13.2 Å². The van der Waals surface area contributed by atoms with Crippen LogP contribution in [-0.4, -0.2) is 58.5 Å². The molecule has 0 bridgehead atoms. The third-order valence-electron chi connectivity index (χ3n) is 6.95. The van der Waals surface area contributed by atoms with E-state index in [0.717, 1.165) is 43.2 Å². The zero-order valence-corrected chi connectivity index (χ0v) is 22.3. The average Bonchev–Trinajstić information content (AvgIpc) is 3.56. The van der Waals surface area contributed by atoms with Gasteiger partial charge in [-0.2, -0.15) is 18.2 Å². The summed E-state index contributed by atoms with van der Waals surface area (Å²) >= 11 is 0. The summed E-state index contributed by atoms with van der Waals surface area (Å²) in [4.78, 5) is 31.2. The van der Waals surface area contributed by atoms with Gasteiger partial charge in [-0.3, -0.25) is 19.0 Å². The van der Waals surface area contributed by atoms with Gasteiger partial charge in [0.15, 0.2) is 5.49 Å². The second-order valence-electron chi connectivity index (χ2n) is 10.8. The number of aromatic nitrogens is 2. The van der Waals surface area contributed by atoms with Gasteiger partial charge in [-0.15, -0.1) is 0 Å². The molecule has 38 heavy (non-hydrogen) atoms. The van der Waals surface area contributed by atoms with Gasteiger partial charge in [-0.25, -0.2) is 0 Å². The van der Waals surface area contributed by atoms with Gasteiger partial charge in [0.2, 0.25) is 5.91 Å². The number of carbonyl (C=O) groups excluding carboxylic acids is 2. The van der Waals surface area contributed by atoms with Gasteiger partial charge in [0.1, 0.15) is 12.4 Å². The molecule has 2 aromatic rings. The normalized spacial score (nSPS) is 19.0. The van der Waals surface area contributed by atoms with Crippen LogP contribution in [0.5, 0.6) is 5.75 Å². The number of halogens is 3. The zero-order chi connectivity index (χ0) is 27.7. The Hall–Kier alpha value is -3.08. The van der Waals surface area contributed by atoms with Gasteiger partial charge in [-0.1, -0.05) is 20.8 Å². The third kappa shape index (κ3) is 6.31. The number of likely N-dealkylation sites (tertiary alicyclic amines) is 1. The van der Waals surface area contributed by atoms with E-state index in [-0.39, 0.29) is 35.3 Å². The van der Waals surface area contributed by atoms with Crippen molar-refractivity contribution in [1.82, 2.24) is 14.3 Å². The molecule has 0 aliphatic carbocycles. The van der Waals surface area contributed by atoms with E-state index in [1.165, 1.54) is 0 Å². The number of alkyl halides is 3. The van der Waals surface area contributed by atoms with Gasteiger partial charge in [-0.05, 0) is 37.5 Å². The molecule has 2 aliphatic heterocycles. The average molecular weight is 537 g/mol. The van der Waals surface area contributed by atoms with E-state index in [9.17, 15) is 22.8 Å². The summed E-state index contributed by atoms with van der Waals surface area (Å²) in [6, 6.07) is 4.59. The van der Waals surface area contributed by atoms with E-state index in [1.54, 1.807) is 11.0 Å². The van der Waals surface area contributed by atoms with Crippen LogP contribution >= 0.6 is 0 Å². The number of hydrogen-bond acceptors (Lipinski definition) is 4. The lowest BCUT2D eigenvalue weighted by Gasteiger charge is -2.21. The zero-order valence-electron chi connectivity index (χ0n) is 22.3. The lowest BCUT2D eigenvalue weighted by molar-refractivity contribution is -0.137. The molecule has 4 rings (SSSR count). The fourth-order valence-electron chi connectivity index (χ4n) is 4.93. The minimum Gasteiger partial charge on any atom is -0.491 e. The lowest BCUT2D eigenvalue weighted by Crippen LogP contribution is -2.30. The quantitative estimate of drug-likeness (QED) is 0.535. The Balaban J connectivity index is 1.69. The van der Waals surface area contributed by atoms with Crippen LogP contribution in [0.2, 0.25) is 0 Å². The fraction of sp³-hybridized carbons (Fsp3) is 0.593. The minimum absolute atomic E-state index is 0.00366. The molecule has 0 spiro atoms. The van der Waals surface area contributed by atoms with Crippen molar-refractivity contribution in [3.63, 3.8) is 0 Å². The van der Waals surface area contributed by atoms with E-state index in [1.807, 2.05) is 37.2 Å². The molecule has 2 fully saturated rings. The summed E-state index contributed by atoms with van der Waals surface area (Å²) in [5.41, 5.74) is -0.255. The molecule has 2 saturated heterocycles. The predicted molar refractivity (Wildman–Crippen MR) is 134 cm³/mol. The smallest absolute Gasteiger partial charge is 0.416 e. The molecule has 3 heterocycles. The highest BCUT2D eigenvalue weighted by molar-refractivity contribution is 5.97. The van der Waals surface area contributed by atoms with Crippen LogP contribution in [0.1, 0.15) is 68.1 Å². The molecular formula is C27H35F3N4O4. The van der Waals surface area contributed by atoms with E-state index in [2.05, 4.69) is 4.99 Å². The maximum atomic E-state index is 13.5. The van der Waals surface area contributed by atoms with Gasteiger partial charge < -0.3 is 14.4 Å². The third-order valence-corrected chi connectivity index (χ3v) is 6.95. The molecule has 1 aromatic heterocycles. The Morgan fingerprint density at radius 2 is 1.95 bits per heavy atom. The number of carbonyl (C=O) groups is 2. The Morgan fingerprint density at radius 3 is 2.55 bits per heavy atom. The highest BCUT2D eigenvalue weighted by Crippen LogP contribution is 2.33. The van der Waals surface area contributed by atoms with Crippen LogP contribution < -0.4 is 10.2 Å². The van der Waals surface area contributed by atoms with Gasteiger partial charge in [0.25, 0.3) is 5.91 Å². The van der Waals surface area contributed by atoms with E-state index >= 15 is 0 Å². The second kappa shape index (κ2) is 11.0. The first-order valence-corrected chi connectivity index (χ1v) is 12.9. The van der Waals surface area contributed by atoms with Crippen LogP contribution in [0.15, 0.2) is 29.3 Å². The molecule has 208 valence electrons. The van der Waals surface area contributed by atoms with Crippen LogP contribution in [0.25, 0.3) is 0 Å². The van der Waals surface area contributed by atoms with Gasteiger partial charge in [0, 0.05) is 43.8 Å². The van der Waals surface area contributed by atoms with Gasteiger partial charge >= 0.3 is 6.18 Å². The number of rotatable bonds is 7. The summed E-state index contributed by atoms with van der Waals surface area (Å²) in [5, 5.41) is 0. The maximum absolute atomic E-state index is 13.5. The van der Waals surface area contributed by atoms with E-state index in [4.69, 9.17) is 9.47 Å². The largest absolute Gasteiger partial charge is 0.491 e. The lowest BCUT2D eigenvalue weighted by atomic mass is 9.92. The SMILES string of the molecule is Cn1c(C(C)(C)C)c/c(=N\C(=O)c2cc(C(F)(F)F)ccc2OCCN2CCCC2=O)n1C[C@H]1CCCO1. The van der Waals surface area contributed by atoms with Crippen molar-refractivity contribution < 1.29 is 32.2 Å². The number of amides is 2. The van der Waals surface area contributed by atoms with Crippen molar-refractivity contribution in [2.45, 2.75) is 70.7 Å². The Labute approximate surface area is 220 Å².